The third kappa shape index (κ3) is 2.37. The summed E-state index contributed by atoms with van der Waals surface area (Å²) >= 11 is 0. The first-order chi connectivity index (χ1) is 8.81. The summed E-state index contributed by atoms with van der Waals surface area (Å²) in [5.41, 5.74) is -0.731. The lowest BCUT2D eigenvalue weighted by Gasteiger charge is -2.48. The number of hydrogen-bond acceptors (Lipinski definition) is 2. The molecule has 2 amide bonds. The van der Waals surface area contributed by atoms with Crippen LogP contribution in [0.25, 0.3) is 0 Å². The Morgan fingerprint density at radius 2 is 1.89 bits per heavy atom. The van der Waals surface area contributed by atoms with Gasteiger partial charge in [0.05, 0.1) is 0 Å². The number of nitrogens with zero attached hydrogens (tertiary/aromatic N) is 1. The van der Waals surface area contributed by atoms with Crippen LogP contribution in [0.2, 0.25) is 0 Å². The van der Waals surface area contributed by atoms with Crippen molar-refractivity contribution in [2.75, 3.05) is 0 Å². The molecular weight excluding hydrogens is 240 g/mol. The number of amides is 2. The van der Waals surface area contributed by atoms with Crippen LogP contribution in [0.5, 0.6) is 0 Å². The lowest BCUT2D eigenvalue weighted by molar-refractivity contribution is -0.159. The second-order valence-corrected chi connectivity index (χ2v) is 6.65. The van der Waals surface area contributed by atoms with E-state index in [0.717, 1.165) is 0 Å². The largest absolute Gasteiger partial charge is 0.340 e. The molecule has 1 heterocycles. The monoisotopic (exact) mass is 266 g/mol. The van der Waals surface area contributed by atoms with E-state index in [1.165, 1.54) is 12.8 Å². The van der Waals surface area contributed by atoms with E-state index in [-0.39, 0.29) is 29.8 Å². The van der Waals surface area contributed by atoms with Gasteiger partial charge in [0.1, 0.15) is 11.6 Å². The molecule has 108 valence electrons. The van der Waals surface area contributed by atoms with E-state index in [2.05, 4.69) is 12.2 Å². The maximum absolute atomic E-state index is 12.8. The summed E-state index contributed by atoms with van der Waals surface area (Å²) in [7, 11) is 0. The third-order valence-corrected chi connectivity index (χ3v) is 4.76. The fourth-order valence-electron chi connectivity index (χ4n) is 3.04. The van der Waals surface area contributed by atoms with Crippen LogP contribution < -0.4 is 5.32 Å². The fourth-order valence-corrected chi connectivity index (χ4v) is 3.04. The fraction of sp³-hybridized carbons (Fsp3) is 0.867. The van der Waals surface area contributed by atoms with E-state index in [0.29, 0.717) is 12.3 Å². The van der Waals surface area contributed by atoms with Crippen LogP contribution in [-0.2, 0) is 9.59 Å². The minimum atomic E-state index is -0.731. The van der Waals surface area contributed by atoms with E-state index in [1.54, 1.807) is 0 Å². The Morgan fingerprint density at radius 3 is 2.32 bits per heavy atom. The molecule has 2 fully saturated rings. The highest BCUT2D eigenvalue weighted by molar-refractivity contribution is 5.99. The highest BCUT2D eigenvalue weighted by atomic mass is 16.2. The van der Waals surface area contributed by atoms with Gasteiger partial charge in [-0.25, -0.2) is 0 Å². The molecule has 19 heavy (non-hydrogen) atoms. The number of hydrogen-bond donors (Lipinski definition) is 1. The molecule has 1 saturated carbocycles. The van der Waals surface area contributed by atoms with Crippen LogP contribution in [0.3, 0.4) is 0 Å². The molecule has 3 atom stereocenters. The molecule has 0 radical (unpaired) electrons. The summed E-state index contributed by atoms with van der Waals surface area (Å²) in [5, 5.41) is 2.94. The van der Waals surface area contributed by atoms with Gasteiger partial charge in [0.2, 0.25) is 11.8 Å². The molecule has 2 rings (SSSR count). The average Bonchev–Trinajstić information content (AvgIpc) is 3.16. The van der Waals surface area contributed by atoms with E-state index in [9.17, 15) is 9.59 Å². The van der Waals surface area contributed by atoms with E-state index in [1.807, 2.05) is 32.6 Å². The zero-order chi connectivity index (χ0) is 14.4. The lowest BCUT2D eigenvalue weighted by Crippen LogP contribution is -2.71. The van der Waals surface area contributed by atoms with E-state index in [4.69, 9.17) is 0 Å². The normalized spacial score (nSPS) is 33.6. The molecule has 0 bridgehead atoms. The quantitative estimate of drug-likeness (QED) is 0.845. The Kier molecular flexibility index (Phi) is 3.63. The molecule has 3 unspecified atom stereocenters. The van der Waals surface area contributed by atoms with Gasteiger partial charge in [-0.15, -0.1) is 0 Å². The Labute approximate surface area is 115 Å². The van der Waals surface area contributed by atoms with Crippen LogP contribution in [0.1, 0.15) is 53.9 Å². The first-order valence-electron chi connectivity index (χ1n) is 7.46. The third-order valence-electron chi connectivity index (χ3n) is 4.76. The van der Waals surface area contributed by atoms with Crippen molar-refractivity contribution in [3.63, 3.8) is 0 Å². The van der Waals surface area contributed by atoms with Crippen molar-refractivity contribution in [2.45, 2.75) is 71.5 Å². The Bertz CT molecular complexity index is 390. The number of carbonyl (C=O) groups excluding carboxylic acids is 2. The van der Waals surface area contributed by atoms with Gasteiger partial charge in [0.15, 0.2) is 0 Å². The molecule has 1 saturated heterocycles. The minimum Gasteiger partial charge on any atom is -0.340 e. The van der Waals surface area contributed by atoms with Gasteiger partial charge in [-0.05, 0) is 44.9 Å². The van der Waals surface area contributed by atoms with Crippen molar-refractivity contribution in [2.24, 2.45) is 11.8 Å². The van der Waals surface area contributed by atoms with Gasteiger partial charge in [-0.2, -0.15) is 0 Å². The van der Waals surface area contributed by atoms with Crippen molar-refractivity contribution in [1.82, 2.24) is 10.2 Å². The predicted octanol–water partition coefficient (Wildman–Crippen LogP) is 1.94. The summed E-state index contributed by atoms with van der Waals surface area (Å²) in [6.07, 6.45) is 3.00. The highest BCUT2D eigenvalue weighted by Crippen LogP contribution is 2.38. The van der Waals surface area contributed by atoms with Crippen LogP contribution in [0.4, 0.5) is 0 Å². The van der Waals surface area contributed by atoms with Crippen LogP contribution in [-0.4, -0.2) is 34.3 Å². The average molecular weight is 266 g/mol. The first-order valence-corrected chi connectivity index (χ1v) is 7.46. The van der Waals surface area contributed by atoms with Gasteiger partial charge in [-0.3, -0.25) is 9.59 Å². The molecular formula is C15H26N2O2. The summed E-state index contributed by atoms with van der Waals surface area (Å²) in [6, 6.07) is -0.139. The van der Waals surface area contributed by atoms with Crippen LogP contribution >= 0.6 is 0 Å². The molecule has 1 N–H and O–H groups in total. The van der Waals surface area contributed by atoms with Gasteiger partial charge in [0.25, 0.3) is 0 Å². The maximum Gasteiger partial charge on any atom is 0.248 e. The summed E-state index contributed by atoms with van der Waals surface area (Å²) in [6.45, 7) is 9.92. The van der Waals surface area contributed by atoms with Crippen molar-refractivity contribution >= 4 is 11.8 Å². The zero-order valence-electron chi connectivity index (χ0n) is 12.7. The molecule has 1 aliphatic carbocycles. The van der Waals surface area contributed by atoms with Crippen LogP contribution in [0.15, 0.2) is 0 Å². The molecule has 0 aromatic heterocycles. The smallest absolute Gasteiger partial charge is 0.248 e. The number of rotatable bonds is 4. The van der Waals surface area contributed by atoms with Crippen molar-refractivity contribution in [1.29, 1.82) is 0 Å². The minimum absolute atomic E-state index is 0.00597. The second-order valence-electron chi connectivity index (χ2n) is 6.65. The Morgan fingerprint density at radius 1 is 1.32 bits per heavy atom. The lowest BCUT2D eigenvalue weighted by atomic mass is 9.86. The van der Waals surface area contributed by atoms with Gasteiger partial charge < -0.3 is 10.2 Å². The summed E-state index contributed by atoms with van der Waals surface area (Å²) in [5.74, 6) is 0.822. The zero-order valence-corrected chi connectivity index (χ0v) is 12.7. The molecule has 0 aromatic rings. The molecule has 1 aliphatic heterocycles. The van der Waals surface area contributed by atoms with Crippen molar-refractivity contribution in [3.8, 4) is 0 Å². The number of piperazine rings is 1. The maximum atomic E-state index is 12.8. The molecule has 0 aromatic carbocycles. The van der Waals surface area contributed by atoms with E-state index < -0.39 is 5.54 Å². The molecule has 4 heteroatoms. The Hall–Kier alpha value is -1.06. The van der Waals surface area contributed by atoms with Crippen molar-refractivity contribution in [3.05, 3.63) is 0 Å². The first kappa shape index (κ1) is 14.4. The standard InChI is InChI=1S/C15H26N2O2/c1-6-15(5)14(19)17(10(4)11-7-8-11)12(9(2)3)13(18)16-15/h9-12H,6-8H2,1-5H3,(H,16,18). The second kappa shape index (κ2) is 4.80. The van der Waals surface area contributed by atoms with E-state index >= 15 is 0 Å². The SMILES string of the molecule is CCC1(C)NC(=O)C(C(C)C)N(C(C)C2CC2)C1=O. The van der Waals surface area contributed by atoms with Gasteiger partial charge >= 0.3 is 0 Å². The molecule has 2 aliphatic rings. The summed E-state index contributed by atoms with van der Waals surface area (Å²) < 4.78 is 0. The number of carbonyl (C=O) groups is 2. The van der Waals surface area contributed by atoms with Crippen molar-refractivity contribution < 1.29 is 9.59 Å². The molecule has 4 nitrogen and oxygen atoms in total. The van der Waals surface area contributed by atoms with Gasteiger partial charge in [0, 0.05) is 6.04 Å². The molecule has 0 spiro atoms. The summed E-state index contributed by atoms with van der Waals surface area (Å²) in [4.78, 5) is 27.1. The Balaban J connectivity index is 2.34. The highest BCUT2D eigenvalue weighted by Gasteiger charge is 2.51. The van der Waals surface area contributed by atoms with Crippen LogP contribution in [0, 0.1) is 11.8 Å². The predicted molar refractivity (Wildman–Crippen MR) is 74.5 cm³/mol. The topological polar surface area (TPSA) is 49.4 Å². The number of nitrogens with one attached hydrogen (secondary N) is 1. The van der Waals surface area contributed by atoms with Gasteiger partial charge in [-0.1, -0.05) is 20.8 Å².